The molecule has 25 heavy (non-hydrogen) atoms. The van der Waals surface area contributed by atoms with Crippen molar-refractivity contribution in [2.45, 2.75) is 91.1 Å². The Morgan fingerprint density at radius 1 is 0.320 bits per heavy atom. The zero-order valence-corrected chi connectivity index (χ0v) is 31.4. The van der Waals surface area contributed by atoms with Crippen LogP contribution < -0.4 is 0 Å². The fourth-order valence-electron chi connectivity index (χ4n) is 0. The molecule has 0 aliphatic carbocycles. The van der Waals surface area contributed by atoms with Gasteiger partial charge in [0, 0.05) is 0 Å². The van der Waals surface area contributed by atoms with Crippen LogP contribution >= 0.6 is 0 Å². The molecule has 0 aromatic heterocycles. The molecule has 0 spiro atoms. The summed E-state index contributed by atoms with van der Waals surface area (Å²) in [5, 5.41) is 0. The molecule has 0 heterocycles. The molecule has 0 saturated carbocycles. The van der Waals surface area contributed by atoms with E-state index in [9.17, 15) is 0 Å². The molecule has 0 bridgehead atoms. The first-order valence-corrected chi connectivity index (χ1v) is 18.4. The number of hydrogen-bond acceptors (Lipinski definition) is 0. The van der Waals surface area contributed by atoms with Gasteiger partial charge in [0.05, 0.1) is 0 Å². The minimum atomic E-state index is 0.906. The maximum atomic E-state index is 2.23. The molecule has 0 unspecified atom stereocenters. The second kappa shape index (κ2) is 35.5. The van der Waals surface area contributed by atoms with Crippen molar-refractivity contribution in [3.05, 3.63) is 0 Å². The summed E-state index contributed by atoms with van der Waals surface area (Å²) < 4.78 is 6.78. The van der Waals surface area contributed by atoms with Crippen molar-refractivity contribution in [3.63, 3.8) is 0 Å². The first-order valence-electron chi connectivity index (χ1n) is 9.40. The molecule has 0 N–H and O–H groups in total. The third-order valence-electron chi connectivity index (χ3n) is 1.83. The molecule has 0 nitrogen and oxygen atoms in total. The van der Waals surface area contributed by atoms with Crippen molar-refractivity contribution in [1.29, 1.82) is 0 Å². The Labute approximate surface area is 232 Å². The third kappa shape index (κ3) is 96.3. The van der Waals surface area contributed by atoms with E-state index in [2.05, 4.69) is 69.2 Å². The summed E-state index contributed by atoms with van der Waals surface area (Å²) >= 11 is 9.51. The van der Waals surface area contributed by atoms with E-state index < -0.39 is 0 Å². The van der Waals surface area contributed by atoms with Crippen molar-refractivity contribution in [1.82, 2.24) is 0 Å². The van der Waals surface area contributed by atoms with Crippen molar-refractivity contribution >= 4 is 115 Å². The summed E-state index contributed by atoms with van der Waals surface area (Å²) in [6.45, 7) is 22.3. The van der Waals surface area contributed by atoms with E-state index in [1.165, 1.54) is 21.8 Å². The van der Waals surface area contributed by atoms with Gasteiger partial charge in [0.2, 0.25) is 0 Å². The van der Waals surface area contributed by atoms with E-state index in [-0.39, 0.29) is 0 Å². The van der Waals surface area contributed by atoms with Crippen LogP contribution in [0.25, 0.3) is 0 Å². The third-order valence-corrected chi connectivity index (χ3v) is 12.2. The van der Waals surface area contributed by atoms with E-state index in [0.717, 1.165) is 29.6 Å². The summed E-state index contributed by atoms with van der Waals surface area (Å²) in [7, 11) is 0. The van der Waals surface area contributed by atoms with Gasteiger partial charge in [-0.2, -0.15) is 0 Å². The van der Waals surface area contributed by atoms with Gasteiger partial charge in [0.1, 0.15) is 0 Å². The SMILES string of the molecule is CC(C)[CH2][Sb].CC(C)[CH2][Sb].CC(C)[CH2][Sb].CC(C)[CH2][Sb].CC(C)[CH2][Sb]. The molecule has 0 aliphatic heterocycles. The van der Waals surface area contributed by atoms with Gasteiger partial charge in [-0.15, -0.1) is 0 Å². The van der Waals surface area contributed by atoms with Gasteiger partial charge in [-0.1, -0.05) is 0 Å². The van der Waals surface area contributed by atoms with Crippen molar-refractivity contribution in [3.8, 4) is 0 Å². The Bertz CT molecular complexity index is 134. The Hall–Kier alpha value is 4.09. The van der Waals surface area contributed by atoms with Gasteiger partial charge in [0.25, 0.3) is 0 Å². The zero-order valence-electron chi connectivity index (χ0n) is 18.7. The minimum absolute atomic E-state index is 0.906. The average Bonchev–Trinajstić information content (AvgIpc) is 2.56. The van der Waals surface area contributed by atoms with Crippen LogP contribution in [0.15, 0.2) is 0 Å². The summed E-state index contributed by atoms with van der Waals surface area (Å²) in [6.07, 6.45) is 0. The predicted octanol–water partition coefficient (Wildman–Crippen LogP) is 6.15. The summed E-state index contributed by atoms with van der Waals surface area (Å²) in [5.74, 6) is 4.53. The monoisotopic (exact) mass is 890 g/mol. The molecule has 0 amide bonds. The van der Waals surface area contributed by atoms with Crippen LogP contribution in [0.3, 0.4) is 0 Å². The zero-order chi connectivity index (χ0) is 21.4. The van der Waals surface area contributed by atoms with Gasteiger partial charge in [-0.25, -0.2) is 0 Å². The maximum absolute atomic E-state index is 2.23. The molecule has 0 rings (SSSR count). The Morgan fingerprint density at radius 3 is 0.360 bits per heavy atom. The molecule has 0 saturated heterocycles. The standard InChI is InChI=1S/5C4H9.5Sb/c5*1-4(2)3;;;;;/h5*4H,1H2,2-3H3;;;;;. The Kier molecular flexibility index (Phi) is 56.2. The first-order chi connectivity index (χ1) is 11.4. The fourth-order valence-corrected chi connectivity index (χ4v) is 0. The second-order valence-electron chi connectivity index (χ2n) is 7.88. The Morgan fingerprint density at radius 2 is 0.360 bits per heavy atom. The van der Waals surface area contributed by atoms with Gasteiger partial charge >= 0.3 is 236 Å². The Balaban J connectivity index is -0.0000000667. The van der Waals surface area contributed by atoms with Gasteiger partial charge in [0.15, 0.2) is 0 Å². The molecule has 0 aromatic carbocycles. The molecule has 5 heteroatoms. The molecule has 0 aromatic rings. The van der Waals surface area contributed by atoms with Crippen molar-refractivity contribution < 1.29 is 0 Å². The molecular formula is C20H45Sb5. The average molecular weight is 894 g/mol. The van der Waals surface area contributed by atoms with E-state index >= 15 is 0 Å². The molecule has 0 aliphatic rings. The van der Waals surface area contributed by atoms with Crippen LogP contribution in [0.2, 0.25) is 21.8 Å². The molecule has 150 valence electrons. The van der Waals surface area contributed by atoms with Gasteiger partial charge in [-0.3, -0.25) is 0 Å². The van der Waals surface area contributed by atoms with Gasteiger partial charge in [-0.05, 0) is 0 Å². The van der Waals surface area contributed by atoms with Crippen LogP contribution in [0, 0.1) is 29.6 Å². The number of hydrogen-bond donors (Lipinski definition) is 0. The summed E-state index contributed by atoms with van der Waals surface area (Å²) in [5.41, 5.74) is 0. The van der Waals surface area contributed by atoms with Crippen LogP contribution in [0.1, 0.15) is 69.2 Å². The van der Waals surface area contributed by atoms with Crippen molar-refractivity contribution in [2.75, 3.05) is 0 Å². The first kappa shape index (κ1) is 39.6. The van der Waals surface area contributed by atoms with Gasteiger partial charge < -0.3 is 0 Å². The summed E-state index contributed by atoms with van der Waals surface area (Å²) in [6, 6.07) is 0. The van der Waals surface area contributed by atoms with E-state index in [0.29, 0.717) is 0 Å². The van der Waals surface area contributed by atoms with Crippen molar-refractivity contribution in [2.24, 2.45) is 29.6 Å². The molecular weight excluding hydrogens is 849 g/mol. The molecule has 10 radical (unpaired) electrons. The second-order valence-corrected chi connectivity index (χ2v) is 13.1. The van der Waals surface area contributed by atoms with E-state index in [4.69, 9.17) is 0 Å². The van der Waals surface area contributed by atoms with E-state index in [1.54, 1.807) is 0 Å². The van der Waals surface area contributed by atoms with Crippen LogP contribution in [0.5, 0.6) is 0 Å². The number of rotatable bonds is 5. The van der Waals surface area contributed by atoms with Crippen LogP contribution in [-0.4, -0.2) is 115 Å². The normalized spacial score (nSPS) is 9.60. The van der Waals surface area contributed by atoms with Crippen LogP contribution in [0.4, 0.5) is 0 Å². The predicted molar refractivity (Wildman–Crippen MR) is 127 cm³/mol. The summed E-state index contributed by atoms with van der Waals surface area (Å²) in [4.78, 5) is 0. The molecule has 0 fully saturated rings. The quantitative estimate of drug-likeness (QED) is 0.291. The topological polar surface area (TPSA) is 0 Å². The fraction of sp³-hybridized carbons (Fsp3) is 1.00. The van der Waals surface area contributed by atoms with Crippen LogP contribution in [-0.2, 0) is 0 Å². The van der Waals surface area contributed by atoms with E-state index in [1.807, 2.05) is 115 Å². The molecule has 0 atom stereocenters.